The quantitative estimate of drug-likeness (QED) is 0.705. The maximum absolute atomic E-state index is 12.1. The fourth-order valence-electron chi connectivity index (χ4n) is 2.37. The third-order valence-electron chi connectivity index (χ3n) is 3.79. The van der Waals surface area contributed by atoms with E-state index in [1.807, 2.05) is 19.1 Å². The van der Waals surface area contributed by atoms with Crippen molar-refractivity contribution in [1.82, 2.24) is 5.32 Å². The molecule has 0 aliphatic carbocycles. The van der Waals surface area contributed by atoms with Crippen LogP contribution in [0.25, 0.3) is 0 Å². The summed E-state index contributed by atoms with van der Waals surface area (Å²) in [5, 5.41) is 2.66. The van der Waals surface area contributed by atoms with Crippen molar-refractivity contribution in [1.29, 1.82) is 0 Å². The van der Waals surface area contributed by atoms with Gasteiger partial charge in [0.1, 0.15) is 11.5 Å². The first-order valence-electron chi connectivity index (χ1n) is 8.37. The summed E-state index contributed by atoms with van der Waals surface area (Å²) in [6.45, 7) is 2.11. The highest BCUT2D eigenvalue weighted by atomic mass is 32.2. The van der Waals surface area contributed by atoms with Gasteiger partial charge in [-0.2, -0.15) is 0 Å². The van der Waals surface area contributed by atoms with Crippen LogP contribution in [0.4, 0.5) is 5.69 Å². The van der Waals surface area contributed by atoms with Gasteiger partial charge in [-0.15, -0.1) is 0 Å². The first-order valence-corrected chi connectivity index (χ1v) is 10.2. The van der Waals surface area contributed by atoms with Gasteiger partial charge in [0.05, 0.1) is 25.6 Å². The van der Waals surface area contributed by atoms with Crippen LogP contribution < -0.4 is 19.1 Å². The summed E-state index contributed by atoms with van der Waals surface area (Å²) in [4.78, 5) is 11.9. The van der Waals surface area contributed by atoms with Crippen LogP contribution in [0.2, 0.25) is 0 Å². The van der Waals surface area contributed by atoms with E-state index >= 15 is 0 Å². The minimum atomic E-state index is -3.48. The van der Waals surface area contributed by atoms with Crippen molar-refractivity contribution in [2.75, 3.05) is 37.4 Å². The van der Waals surface area contributed by atoms with Crippen LogP contribution in [0.3, 0.4) is 0 Å². The Hall–Kier alpha value is -2.74. The van der Waals surface area contributed by atoms with Gasteiger partial charge in [-0.1, -0.05) is 17.7 Å². The Morgan fingerprint density at radius 3 is 2.19 bits per heavy atom. The number of rotatable bonds is 9. The molecule has 0 heterocycles. The topological polar surface area (TPSA) is 84.9 Å². The summed E-state index contributed by atoms with van der Waals surface area (Å²) >= 11 is 0. The highest BCUT2D eigenvalue weighted by Gasteiger charge is 2.17. The molecule has 0 fully saturated rings. The average molecular weight is 392 g/mol. The summed E-state index contributed by atoms with van der Waals surface area (Å²) in [6.07, 6.45) is 1.12. The number of hydrogen-bond acceptors (Lipinski definition) is 5. The molecule has 0 aliphatic rings. The van der Waals surface area contributed by atoms with Crippen molar-refractivity contribution in [3.8, 4) is 11.5 Å². The lowest BCUT2D eigenvalue weighted by Gasteiger charge is -2.22. The van der Waals surface area contributed by atoms with Crippen LogP contribution >= 0.6 is 0 Å². The lowest BCUT2D eigenvalue weighted by atomic mass is 10.2. The number of methoxy groups -OCH3 is 1. The Balaban J connectivity index is 1.87. The third-order valence-corrected chi connectivity index (χ3v) is 4.98. The van der Waals surface area contributed by atoms with Gasteiger partial charge in [-0.3, -0.25) is 9.10 Å². The fourth-order valence-corrected chi connectivity index (χ4v) is 3.29. The molecule has 27 heavy (non-hydrogen) atoms. The van der Waals surface area contributed by atoms with Crippen LogP contribution in [0.15, 0.2) is 48.5 Å². The number of nitrogens with zero attached hydrogens (tertiary/aromatic N) is 1. The molecule has 8 heteroatoms. The Morgan fingerprint density at radius 1 is 1.04 bits per heavy atom. The van der Waals surface area contributed by atoms with Crippen molar-refractivity contribution in [2.45, 2.75) is 6.92 Å². The van der Waals surface area contributed by atoms with E-state index in [2.05, 4.69) is 5.32 Å². The molecule has 0 unspecified atom stereocenters. The summed E-state index contributed by atoms with van der Waals surface area (Å²) in [5.41, 5.74) is 1.61. The summed E-state index contributed by atoms with van der Waals surface area (Å²) in [6, 6.07) is 14.0. The van der Waals surface area contributed by atoms with Crippen LogP contribution in [0, 0.1) is 6.92 Å². The Bertz CT molecular complexity index is 849. The molecule has 146 valence electrons. The standard InChI is InChI=1S/C19H24N2O5S/c1-15-4-8-18(9-5-15)26-14-19(22)20-12-13-21(27(3,23)24)16-6-10-17(25-2)11-7-16/h4-11H,12-14H2,1-3H3,(H,20,22). The molecule has 0 saturated heterocycles. The minimum Gasteiger partial charge on any atom is -0.497 e. The third kappa shape index (κ3) is 6.49. The van der Waals surface area contributed by atoms with Crippen molar-refractivity contribution in [3.63, 3.8) is 0 Å². The maximum Gasteiger partial charge on any atom is 0.258 e. The number of carbonyl (C=O) groups is 1. The SMILES string of the molecule is COc1ccc(N(CCNC(=O)COc2ccc(C)cc2)S(C)(=O)=O)cc1. The maximum atomic E-state index is 12.1. The van der Waals surface area contributed by atoms with Crippen molar-refractivity contribution >= 4 is 21.6 Å². The van der Waals surface area contributed by atoms with Crippen molar-refractivity contribution in [3.05, 3.63) is 54.1 Å². The van der Waals surface area contributed by atoms with Gasteiger partial charge in [0.25, 0.3) is 5.91 Å². The lowest BCUT2D eigenvalue weighted by molar-refractivity contribution is -0.123. The number of aryl methyl sites for hydroxylation is 1. The molecule has 2 aromatic carbocycles. The van der Waals surface area contributed by atoms with Crippen molar-refractivity contribution < 1.29 is 22.7 Å². The molecule has 0 spiro atoms. The number of ether oxygens (including phenoxy) is 2. The number of carbonyl (C=O) groups excluding carboxylic acids is 1. The van der Waals surface area contributed by atoms with Gasteiger partial charge in [0.2, 0.25) is 10.0 Å². The minimum absolute atomic E-state index is 0.113. The zero-order valence-electron chi connectivity index (χ0n) is 15.6. The van der Waals surface area contributed by atoms with E-state index in [0.717, 1.165) is 11.8 Å². The molecular formula is C19H24N2O5S. The van der Waals surface area contributed by atoms with Gasteiger partial charge in [-0.05, 0) is 43.3 Å². The van der Waals surface area contributed by atoms with Crippen LogP contribution in [-0.2, 0) is 14.8 Å². The van der Waals surface area contributed by atoms with E-state index in [1.54, 1.807) is 36.4 Å². The number of nitrogens with one attached hydrogen (secondary N) is 1. The summed E-state index contributed by atoms with van der Waals surface area (Å²) < 4.78 is 35.8. The Kier molecular flexibility index (Phi) is 7.06. The predicted octanol–water partition coefficient (Wildman–Crippen LogP) is 1.96. The Morgan fingerprint density at radius 2 is 1.63 bits per heavy atom. The lowest BCUT2D eigenvalue weighted by Crippen LogP contribution is -2.39. The zero-order chi connectivity index (χ0) is 19.9. The molecule has 0 atom stereocenters. The van der Waals surface area contributed by atoms with E-state index in [4.69, 9.17) is 9.47 Å². The second-order valence-electron chi connectivity index (χ2n) is 5.98. The molecule has 0 radical (unpaired) electrons. The largest absolute Gasteiger partial charge is 0.497 e. The van der Waals surface area contributed by atoms with Crippen LogP contribution in [-0.4, -0.2) is 47.4 Å². The van der Waals surface area contributed by atoms with E-state index in [0.29, 0.717) is 17.2 Å². The van der Waals surface area contributed by atoms with Gasteiger partial charge in [-0.25, -0.2) is 8.42 Å². The highest BCUT2D eigenvalue weighted by Crippen LogP contribution is 2.21. The number of sulfonamides is 1. The molecular weight excluding hydrogens is 368 g/mol. The van der Waals surface area contributed by atoms with Gasteiger partial charge < -0.3 is 14.8 Å². The molecule has 0 saturated carbocycles. The Labute approximate surface area is 160 Å². The first-order chi connectivity index (χ1) is 12.8. The molecule has 2 aromatic rings. The summed E-state index contributed by atoms with van der Waals surface area (Å²) in [5.74, 6) is 0.916. The molecule has 0 aromatic heterocycles. The van der Waals surface area contributed by atoms with Gasteiger partial charge in [0, 0.05) is 6.54 Å². The van der Waals surface area contributed by atoms with Crippen LogP contribution in [0.1, 0.15) is 5.56 Å². The van der Waals surface area contributed by atoms with E-state index in [9.17, 15) is 13.2 Å². The molecule has 0 bridgehead atoms. The number of hydrogen-bond donors (Lipinski definition) is 1. The first kappa shape index (κ1) is 20.6. The van der Waals surface area contributed by atoms with Gasteiger partial charge in [0.15, 0.2) is 6.61 Å². The number of amides is 1. The normalized spacial score (nSPS) is 10.9. The molecule has 7 nitrogen and oxygen atoms in total. The smallest absolute Gasteiger partial charge is 0.258 e. The van der Waals surface area contributed by atoms with E-state index in [-0.39, 0.29) is 25.6 Å². The number of anilines is 1. The molecule has 0 aliphatic heterocycles. The molecule has 2 rings (SSSR count). The van der Waals surface area contributed by atoms with Crippen molar-refractivity contribution in [2.24, 2.45) is 0 Å². The van der Waals surface area contributed by atoms with E-state index in [1.165, 1.54) is 11.4 Å². The fraction of sp³-hybridized carbons (Fsp3) is 0.316. The second-order valence-corrected chi connectivity index (χ2v) is 7.89. The molecule has 1 amide bonds. The average Bonchev–Trinajstić information content (AvgIpc) is 2.64. The van der Waals surface area contributed by atoms with Gasteiger partial charge >= 0.3 is 0 Å². The van der Waals surface area contributed by atoms with E-state index < -0.39 is 10.0 Å². The number of benzene rings is 2. The zero-order valence-corrected chi connectivity index (χ0v) is 16.5. The molecule has 1 N–H and O–H groups in total. The monoisotopic (exact) mass is 392 g/mol. The second kappa shape index (κ2) is 9.27. The van der Waals surface area contributed by atoms with Crippen LogP contribution in [0.5, 0.6) is 11.5 Å². The summed E-state index contributed by atoms with van der Waals surface area (Å²) in [7, 11) is -1.95. The predicted molar refractivity (Wildman–Crippen MR) is 105 cm³/mol. The highest BCUT2D eigenvalue weighted by molar-refractivity contribution is 7.92.